The summed E-state index contributed by atoms with van der Waals surface area (Å²) in [7, 11) is 1.73. The second-order valence-corrected chi connectivity index (χ2v) is 4.05. The number of hydrogen-bond donors (Lipinski definition) is 2. The second kappa shape index (κ2) is 5.56. The van der Waals surface area contributed by atoms with Crippen LogP contribution in [0.3, 0.4) is 0 Å². The fourth-order valence-corrected chi connectivity index (χ4v) is 1.50. The zero-order valence-electron chi connectivity index (χ0n) is 10.4. The van der Waals surface area contributed by atoms with Gasteiger partial charge >= 0.3 is 0 Å². The van der Waals surface area contributed by atoms with E-state index in [1.165, 1.54) is 6.33 Å². The Labute approximate surface area is 100 Å². The summed E-state index contributed by atoms with van der Waals surface area (Å²) >= 11 is 0. The molecule has 0 bridgehead atoms. The largest absolute Gasteiger partial charge is 0.387 e. The maximum atomic E-state index is 13.9. The summed E-state index contributed by atoms with van der Waals surface area (Å²) in [5, 5.41) is 7.31. The Bertz CT molecular complexity index is 407. The van der Waals surface area contributed by atoms with Crippen molar-refractivity contribution in [2.45, 2.75) is 20.3 Å². The molecule has 0 radical (unpaired) electrons. The van der Waals surface area contributed by atoms with E-state index in [1.807, 2.05) is 13.8 Å². The number of halogens is 1. The van der Waals surface area contributed by atoms with E-state index in [2.05, 4.69) is 9.97 Å². The van der Waals surface area contributed by atoms with Crippen LogP contribution in [0.25, 0.3) is 0 Å². The Morgan fingerprint density at radius 3 is 2.76 bits per heavy atom. The number of nitrogens with zero attached hydrogens (tertiary/aromatic N) is 3. The Balaban J connectivity index is 2.89. The smallest absolute Gasteiger partial charge is 0.187 e. The minimum absolute atomic E-state index is 0.0852. The molecule has 94 valence electrons. The van der Waals surface area contributed by atoms with Crippen LogP contribution < -0.4 is 10.6 Å². The fraction of sp³-hybridized carbons (Fsp3) is 0.545. The summed E-state index contributed by atoms with van der Waals surface area (Å²) in [5.74, 6) is -0.195. The molecule has 1 rings (SSSR count). The molecule has 1 aromatic rings. The van der Waals surface area contributed by atoms with Crippen molar-refractivity contribution in [2.24, 2.45) is 11.7 Å². The maximum Gasteiger partial charge on any atom is 0.187 e. The minimum atomic E-state index is -0.395. The topological polar surface area (TPSA) is 78.9 Å². The summed E-state index contributed by atoms with van der Waals surface area (Å²) in [6, 6.07) is 0. The highest BCUT2D eigenvalue weighted by atomic mass is 19.1. The number of rotatable bonds is 5. The predicted molar refractivity (Wildman–Crippen MR) is 65.7 cm³/mol. The second-order valence-electron chi connectivity index (χ2n) is 4.05. The molecule has 0 aromatic carbocycles. The Kier molecular flexibility index (Phi) is 4.37. The molecule has 5 nitrogen and oxygen atoms in total. The summed E-state index contributed by atoms with van der Waals surface area (Å²) in [6.07, 6.45) is 1.88. The number of nitrogens with two attached hydrogens (primary N) is 1. The van der Waals surface area contributed by atoms with Gasteiger partial charge in [0.05, 0.1) is 11.5 Å². The predicted octanol–water partition coefficient (Wildman–Crippen LogP) is 1.19. The van der Waals surface area contributed by atoms with Gasteiger partial charge < -0.3 is 10.6 Å². The molecular weight excluding hydrogens is 221 g/mol. The van der Waals surface area contributed by atoms with Crippen LogP contribution in [-0.2, 0) is 6.42 Å². The van der Waals surface area contributed by atoms with Gasteiger partial charge in [0.2, 0.25) is 0 Å². The lowest BCUT2D eigenvalue weighted by Crippen LogP contribution is -2.33. The minimum Gasteiger partial charge on any atom is -0.387 e. The van der Waals surface area contributed by atoms with Crippen LogP contribution in [0.15, 0.2) is 6.33 Å². The zero-order chi connectivity index (χ0) is 13.0. The van der Waals surface area contributed by atoms with Crippen molar-refractivity contribution < 1.29 is 4.39 Å². The number of amidine groups is 1. The van der Waals surface area contributed by atoms with Gasteiger partial charge in [-0.05, 0) is 6.42 Å². The van der Waals surface area contributed by atoms with E-state index in [4.69, 9.17) is 11.1 Å². The highest BCUT2D eigenvalue weighted by Gasteiger charge is 2.16. The third-order valence-electron chi connectivity index (χ3n) is 2.62. The number of hydrogen-bond acceptors (Lipinski definition) is 4. The summed E-state index contributed by atoms with van der Waals surface area (Å²) < 4.78 is 13.9. The molecule has 1 atom stereocenters. The van der Waals surface area contributed by atoms with Crippen molar-refractivity contribution in [3.05, 3.63) is 17.8 Å². The first-order valence-electron chi connectivity index (χ1n) is 5.51. The molecule has 0 fully saturated rings. The number of aryl methyl sites for hydroxylation is 1. The van der Waals surface area contributed by atoms with Crippen LogP contribution in [0.1, 0.15) is 19.5 Å². The monoisotopic (exact) mass is 239 g/mol. The van der Waals surface area contributed by atoms with Crippen molar-refractivity contribution >= 4 is 11.7 Å². The van der Waals surface area contributed by atoms with Gasteiger partial charge in [-0.2, -0.15) is 0 Å². The molecule has 17 heavy (non-hydrogen) atoms. The van der Waals surface area contributed by atoms with E-state index in [9.17, 15) is 4.39 Å². The maximum absolute atomic E-state index is 13.9. The molecule has 0 saturated heterocycles. The third kappa shape index (κ3) is 3.12. The van der Waals surface area contributed by atoms with Gasteiger partial charge in [0.25, 0.3) is 0 Å². The lowest BCUT2D eigenvalue weighted by Gasteiger charge is -2.22. The van der Waals surface area contributed by atoms with Crippen molar-refractivity contribution in [3.63, 3.8) is 0 Å². The van der Waals surface area contributed by atoms with Gasteiger partial charge in [-0.25, -0.2) is 14.4 Å². The van der Waals surface area contributed by atoms with E-state index >= 15 is 0 Å². The quantitative estimate of drug-likeness (QED) is 0.597. The van der Waals surface area contributed by atoms with Crippen molar-refractivity contribution in [3.8, 4) is 0 Å². The van der Waals surface area contributed by atoms with Gasteiger partial charge in [0.1, 0.15) is 6.33 Å². The molecule has 0 amide bonds. The molecule has 0 aliphatic heterocycles. The van der Waals surface area contributed by atoms with Crippen LogP contribution in [0.4, 0.5) is 10.2 Å². The van der Waals surface area contributed by atoms with Gasteiger partial charge in [-0.3, -0.25) is 5.41 Å². The molecule has 1 unspecified atom stereocenters. The number of aromatic nitrogens is 2. The normalized spacial score (nSPS) is 12.2. The fourth-order valence-electron chi connectivity index (χ4n) is 1.50. The van der Waals surface area contributed by atoms with E-state index in [-0.39, 0.29) is 17.6 Å². The molecule has 3 N–H and O–H groups in total. The number of anilines is 1. The average molecular weight is 239 g/mol. The molecule has 0 spiro atoms. The molecule has 6 heteroatoms. The first-order chi connectivity index (χ1) is 7.97. The summed E-state index contributed by atoms with van der Waals surface area (Å²) in [5.41, 5.74) is 5.79. The summed E-state index contributed by atoms with van der Waals surface area (Å²) in [6.45, 7) is 4.11. The highest BCUT2D eigenvalue weighted by molar-refractivity contribution is 5.79. The zero-order valence-corrected chi connectivity index (χ0v) is 10.4. The molecule has 1 heterocycles. The molecule has 0 aliphatic rings. The van der Waals surface area contributed by atoms with Gasteiger partial charge in [0, 0.05) is 19.5 Å². The highest BCUT2D eigenvalue weighted by Crippen LogP contribution is 2.17. The van der Waals surface area contributed by atoms with E-state index in [0.717, 1.165) is 0 Å². The summed E-state index contributed by atoms with van der Waals surface area (Å²) in [4.78, 5) is 9.46. The molecular formula is C11H18FN5. The average Bonchev–Trinajstić information content (AvgIpc) is 2.28. The lowest BCUT2D eigenvalue weighted by molar-refractivity contribution is 0.583. The molecule has 0 saturated carbocycles. The Morgan fingerprint density at radius 1 is 1.59 bits per heavy atom. The molecule has 0 aliphatic carbocycles. The van der Waals surface area contributed by atoms with Crippen LogP contribution in [-0.4, -0.2) is 29.4 Å². The number of nitrogens with one attached hydrogen (secondary N) is 1. The first-order valence-corrected chi connectivity index (χ1v) is 5.51. The van der Waals surface area contributed by atoms with Gasteiger partial charge in [0.15, 0.2) is 11.6 Å². The van der Waals surface area contributed by atoms with Crippen molar-refractivity contribution in [1.82, 2.24) is 9.97 Å². The van der Waals surface area contributed by atoms with Gasteiger partial charge in [-0.1, -0.05) is 13.8 Å². The standard InChI is InChI=1S/C11H18FN5/c1-4-8-9(12)11(16-6-15-8)17(3)5-7(2)10(13)14/h6-7H,4-5H2,1-3H3,(H3,13,14). The molecule has 1 aromatic heterocycles. The Morgan fingerprint density at radius 2 is 2.24 bits per heavy atom. The lowest BCUT2D eigenvalue weighted by atomic mass is 10.1. The van der Waals surface area contributed by atoms with Crippen LogP contribution in [0.5, 0.6) is 0 Å². The van der Waals surface area contributed by atoms with E-state index < -0.39 is 5.82 Å². The first kappa shape index (κ1) is 13.3. The van der Waals surface area contributed by atoms with E-state index in [1.54, 1.807) is 11.9 Å². The van der Waals surface area contributed by atoms with Crippen LogP contribution >= 0.6 is 0 Å². The third-order valence-corrected chi connectivity index (χ3v) is 2.62. The van der Waals surface area contributed by atoms with Gasteiger partial charge in [-0.15, -0.1) is 0 Å². The van der Waals surface area contributed by atoms with Crippen molar-refractivity contribution in [1.29, 1.82) is 5.41 Å². The van der Waals surface area contributed by atoms with Crippen molar-refractivity contribution in [2.75, 3.05) is 18.5 Å². The van der Waals surface area contributed by atoms with Crippen LogP contribution in [0.2, 0.25) is 0 Å². The SMILES string of the molecule is CCc1ncnc(N(C)CC(C)C(=N)N)c1F. The van der Waals surface area contributed by atoms with Crippen LogP contribution in [0, 0.1) is 17.1 Å². The Hall–Kier alpha value is -1.72. The van der Waals surface area contributed by atoms with E-state index in [0.29, 0.717) is 18.7 Å².